The number of hydrogen-bond donors (Lipinski definition) is 2. The van der Waals surface area contributed by atoms with Gasteiger partial charge in [0.2, 0.25) is 21.9 Å². The van der Waals surface area contributed by atoms with Gasteiger partial charge < -0.3 is 20.5 Å². The van der Waals surface area contributed by atoms with E-state index in [0.717, 1.165) is 0 Å². The predicted octanol–water partition coefficient (Wildman–Crippen LogP) is 1.91. The van der Waals surface area contributed by atoms with Gasteiger partial charge in [0.25, 0.3) is 0 Å². The molecule has 0 spiro atoms. The van der Waals surface area contributed by atoms with E-state index in [-0.39, 0.29) is 42.4 Å². The van der Waals surface area contributed by atoms with Crippen molar-refractivity contribution in [3.05, 3.63) is 30.1 Å². The molecule has 2 aromatic rings. The molecule has 2 aliphatic heterocycles. The Morgan fingerprint density at radius 2 is 1.91 bits per heavy atom. The van der Waals surface area contributed by atoms with Crippen LogP contribution < -0.4 is 15.8 Å². The normalized spacial score (nSPS) is 20.6. The Balaban J connectivity index is 1.42. The summed E-state index contributed by atoms with van der Waals surface area (Å²) in [5.41, 5.74) is 4.45. The van der Waals surface area contributed by atoms with Gasteiger partial charge in [0.05, 0.1) is 13.2 Å². The number of ether oxygens (including phenoxy) is 2. The summed E-state index contributed by atoms with van der Waals surface area (Å²) in [5, 5.41) is 2.99. The van der Waals surface area contributed by atoms with Crippen molar-refractivity contribution in [1.82, 2.24) is 19.3 Å². The number of piperidine rings is 1. The largest absolute Gasteiger partial charge is 0.471 e. The monoisotopic (exact) mass is 488 g/mol. The fourth-order valence-electron chi connectivity index (χ4n) is 3.60. The lowest BCUT2D eigenvalue weighted by atomic mass is 10.1. The highest BCUT2D eigenvalue weighted by molar-refractivity contribution is 7.89. The van der Waals surface area contributed by atoms with E-state index in [0.29, 0.717) is 32.1 Å². The molecule has 4 heterocycles. The van der Waals surface area contributed by atoms with Crippen molar-refractivity contribution in [3.8, 4) is 5.88 Å². The minimum Gasteiger partial charge on any atom is -0.471 e. The third kappa shape index (κ3) is 5.45. The first-order valence-electron chi connectivity index (χ1n) is 10.3. The van der Waals surface area contributed by atoms with Crippen LogP contribution >= 0.6 is 0 Å². The molecule has 180 valence electrons. The van der Waals surface area contributed by atoms with Crippen LogP contribution in [0.15, 0.2) is 29.4 Å². The minimum atomic E-state index is -4.66. The third-order valence-corrected chi connectivity index (χ3v) is 7.29. The van der Waals surface area contributed by atoms with Gasteiger partial charge in [0.15, 0.2) is 0 Å². The van der Waals surface area contributed by atoms with Crippen LogP contribution in [0, 0.1) is 0 Å². The van der Waals surface area contributed by atoms with E-state index in [2.05, 4.69) is 20.3 Å². The molecule has 0 aliphatic carbocycles. The van der Waals surface area contributed by atoms with Gasteiger partial charge in [-0.3, -0.25) is 0 Å². The van der Waals surface area contributed by atoms with Crippen LogP contribution in [0.4, 0.5) is 24.9 Å². The molecule has 2 saturated heterocycles. The van der Waals surface area contributed by atoms with Gasteiger partial charge >= 0.3 is 6.18 Å². The minimum absolute atomic E-state index is 0.0130. The maximum atomic E-state index is 13.3. The summed E-state index contributed by atoms with van der Waals surface area (Å²) in [7, 11) is -3.72. The number of sulfonamides is 1. The number of pyridine rings is 1. The molecule has 2 aromatic heterocycles. The molecule has 10 nitrogen and oxygen atoms in total. The second-order valence-corrected chi connectivity index (χ2v) is 9.69. The Bertz CT molecular complexity index is 1070. The molecule has 2 fully saturated rings. The third-order valence-electron chi connectivity index (χ3n) is 5.41. The van der Waals surface area contributed by atoms with Gasteiger partial charge in [-0.25, -0.2) is 18.4 Å². The summed E-state index contributed by atoms with van der Waals surface area (Å²) in [5.74, 6) is -0.343. The number of nitrogens with two attached hydrogens (primary N) is 1. The van der Waals surface area contributed by atoms with Gasteiger partial charge in [-0.15, -0.1) is 0 Å². The zero-order valence-electron chi connectivity index (χ0n) is 17.5. The van der Waals surface area contributed by atoms with Crippen molar-refractivity contribution in [2.24, 2.45) is 0 Å². The number of nitrogen functional groups attached to an aromatic ring is 1. The molecule has 0 saturated carbocycles. The Morgan fingerprint density at radius 1 is 1.15 bits per heavy atom. The van der Waals surface area contributed by atoms with Crippen molar-refractivity contribution in [2.45, 2.75) is 42.5 Å². The van der Waals surface area contributed by atoms with Crippen molar-refractivity contribution in [2.75, 3.05) is 37.4 Å². The van der Waals surface area contributed by atoms with E-state index in [1.54, 1.807) is 0 Å². The maximum Gasteiger partial charge on any atom is 0.423 e. The SMILES string of the molecule is Nc1ccc(S(=O)(=O)N2CCC(Nc3ncc(C(F)(F)F)c(O[C@H]4CCOC4)n3)CC2)cn1. The van der Waals surface area contributed by atoms with Crippen molar-refractivity contribution < 1.29 is 31.1 Å². The summed E-state index contributed by atoms with van der Waals surface area (Å²) in [6.45, 7) is 1.04. The molecule has 3 N–H and O–H groups in total. The number of hydrogen-bond acceptors (Lipinski definition) is 9. The quantitative estimate of drug-likeness (QED) is 0.626. The summed E-state index contributed by atoms with van der Waals surface area (Å²) in [6.07, 6.45) is -1.97. The van der Waals surface area contributed by atoms with Crippen LogP contribution in [0.3, 0.4) is 0 Å². The summed E-state index contributed by atoms with van der Waals surface area (Å²) in [6, 6.07) is 2.59. The van der Waals surface area contributed by atoms with Crippen LogP contribution in [0.5, 0.6) is 5.88 Å². The Labute approximate surface area is 188 Å². The first kappa shape index (κ1) is 23.4. The van der Waals surface area contributed by atoms with Crippen LogP contribution in [0.25, 0.3) is 0 Å². The molecule has 0 bridgehead atoms. The summed E-state index contributed by atoms with van der Waals surface area (Å²) in [4.78, 5) is 11.6. The number of nitrogens with one attached hydrogen (secondary N) is 1. The van der Waals surface area contributed by atoms with Crippen molar-refractivity contribution in [1.29, 1.82) is 0 Å². The van der Waals surface area contributed by atoms with E-state index in [1.807, 2.05) is 0 Å². The van der Waals surface area contributed by atoms with Gasteiger partial charge in [-0.2, -0.15) is 22.5 Å². The molecular formula is C19H23F3N6O4S. The number of rotatable bonds is 6. The lowest BCUT2D eigenvalue weighted by Crippen LogP contribution is -2.42. The number of halogens is 3. The maximum absolute atomic E-state index is 13.3. The lowest BCUT2D eigenvalue weighted by molar-refractivity contribution is -0.139. The Hall–Kier alpha value is -2.71. The zero-order chi connectivity index (χ0) is 23.6. The van der Waals surface area contributed by atoms with Crippen LogP contribution in [0.2, 0.25) is 0 Å². The summed E-state index contributed by atoms with van der Waals surface area (Å²) < 4.78 is 77.5. The molecule has 0 amide bonds. The van der Waals surface area contributed by atoms with E-state index in [1.165, 1.54) is 22.6 Å². The molecule has 0 unspecified atom stereocenters. The van der Waals surface area contributed by atoms with E-state index in [9.17, 15) is 21.6 Å². The van der Waals surface area contributed by atoms with Crippen LogP contribution in [-0.4, -0.2) is 66.1 Å². The number of nitrogens with zero attached hydrogens (tertiary/aromatic N) is 4. The van der Waals surface area contributed by atoms with E-state index < -0.39 is 33.7 Å². The second-order valence-electron chi connectivity index (χ2n) is 7.76. The predicted molar refractivity (Wildman–Crippen MR) is 111 cm³/mol. The highest BCUT2D eigenvalue weighted by Gasteiger charge is 2.38. The first-order valence-corrected chi connectivity index (χ1v) is 11.7. The number of alkyl halides is 3. The fraction of sp³-hybridized carbons (Fsp3) is 0.526. The van der Waals surface area contributed by atoms with Crippen LogP contribution in [-0.2, 0) is 20.9 Å². The van der Waals surface area contributed by atoms with Gasteiger partial charge in [-0.05, 0) is 25.0 Å². The molecule has 14 heteroatoms. The van der Waals surface area contributed by atoms with Gasteiger partial charge in [0, 0.05) is 37.9 Å². The second kappa shape index (κ2) is 9.27. The van der Waals surface area contributed by atoms with Crippen molar-refractivity contribution >= 4 is 21.8 Å². The zero-order valence-corrected chi connectivity index (χ0v) is 18.3. The average molecular weight is 488 g/mol. The number of aromatic nitrogens is 3. The standard InChI is InChI=1S/C19H23F3N6O4S/c20-19(21,22)15-10-25-18(27-17(15)32-13-5-8-31-11-13)26-12-3-6-28(7-4-12)33(29,30)14-1-2-16(23)24-9-14/h1-2,9-10,12-13H,3-8,11H2,(H2,23,24)(H,25,26,27)/t13-/m0/s1. The average Bonchev–Trinajstić information content (AvgIpc) is 3.27. The molecule has 0 radical (unpaired) electrons. The molecule has 0 aromatic carbocycles. The lowest BCUT2D eigenvalue weighted by Gasteiger charge is -2.31. The molecular weight excluding hydrogens is 465 g/mol. The summed E-state index contributed by atoms with van der Waals surface area (Å²) >= 11 is 0. The van der Waals surface area contributed by atoms with E-state index in [4.69, 9.17) is 15.2 Å². The Morgan fingerprint density at radius 3 is 2.52 bits per heavy atom. The van der Waals surface area contributed by atoms with Gasteiger partial charge in [0.1, 0.15) is 22.4 Å². The molecule has 4 rings (SSSR count). The topological polar surface area (TPSA) is 133 Å². The highest BCUT2D eigenvalue weighted by atomic mass is 32.2. The fourth-order valence-corrected chi connectivity index (χ4v) is 5.02. The number of anilines is 2. The van der Waals surface area contributed by atoms with E-state index >= 15 is 0 Å². The van der Waals surface area contributed by atoms with Crippen LogP contribution in [0.1, 0.15) is 24.8 Å². The molecule has 1 atom stereocenters. The Kier molecular flexibility index (Phi) is 6.59. The first-order chi connectivity index (χ1) is 15.6. The van der Waals surface area contributed by atoms with Crippen molar-refractivity contribution in [3.63, 3.8) is 0 Å². The molecule has 33 heavy (non-hydrogen) atoms. The van der Waals surface area contributed by atoms with Gasteiger partial charge in [-0.1, -0.05) is 0 Å². The highest BCUT2D eigenvalue weighted by Crippen LogP contribution is 2.36. The smallest absolute Gasteiger partial charge is 0.423 e. The molecule has 2 aliphatic rings.